The van der Waals surface area contributed by atoms with E-state index in [2.05, 4.69) is 47.6 Å². The molecule has 188 valence electrons. The Labute approximate surface area is 204 Å². The van der Waals surface area contributed by atoms with Gasteiger partial charge >= 0.3 is 5.97 Å². The minimum absolute atomic E-state index is 0.00772. The molecule has 1 unspecified atom stereocenters. The van der Waals surface area contributed by atoms with Gasteiger partial charge in [0.2, 0.25) is 0 Å². The number of allylic oxidation sites excluding steroid dienone is 1. The summed E-state index contributed by atoms with van der Waals surface area (Å²) in [6, 6.07) is 0. The van der Waals surface area contributed by atoms with Gasteiger partial charge in [-0.2, -0.15) is 0 Å². The first-order valence-corrected chi connectivity index (χ1v) is 14.6. The van der Waals surface area contributed by atoms with Crippen molar-refractivity contribution in [1.29, 1.82) is 0 Å². The van der Waals surface area contributed by atoms with Crippen molar-refractivity contribution < 1.29 is 9.53 Å². The van der Waals surface area contributed by atoms with Crippen LogP contribution in [-0.4, -0.2) is 12.1 Å². The quantitative estimate of drug-likeness (QED) is 0.269. The van der Waals surface area contributed by atoms with Gasteiger partial charge in [-0.3, -0.25) is 4.79 Å². The van der Waals surface area contributed by atoms with E-state index in [1.807, 2.05) is 0 Å². The SMILES string of the molecule is CCCC(=O)O[C@H]1CC[C@@]2(C)C(=CC[C@@H]3[C@@H]2CC[C@]2(C)C([C@H](C)CCCC(C)C)CC[C@@H]32)C1. The molecule has 0 heterocycles. The molecule has 2 nitrogen and oxygen atoms in total. The van der Waals surface area contributed by atoms with E-state index in [9.17, 15) is 4.79 Å². The fourth-order valence-corrected chi connectivity index (χ4v) is 9.20. The van der Waals surface area contributed by atoms with E-state index in [0.717, 1.165) is 54.8 Å². The fraction of sp³-hybridized carbons (Fsp3) is 0.903. The molecular weight excluding hydrogens is 404 g/mol. The van der Waals surface area contributed by atoms with Crippen LogP contribution < -0.4 is 0 Å². The number of carbonyl (C=O) groups is 1. The third-order valence-corrected chi connectivity index (χ3v) is 11.0. The normalized spacial score (nSPS) is 41.1. The minimum atomic E-state index is 0.00772. The Morgan fingerprint density at radius 1 is 1.06 bits per heavy atom. The lowest BCUT2D eigenvalue weighted by atomic mass is 9.47. The second kappa shape index (κ2) is 10.1. The molecule has 0 aromatic heterocycles. The molecule has 0 amide bonds. The van der Waals surface area contributed by atoms with E-state index >= 15 is 0 Å². The van der Waals surface area contributed by atoms with Gasteiger partial charge in [0, 0.05) is 12.8 Å². The summed E-state index contributed by atoms with van der Waals surface area (Å²) in [6.07, 6.45) is 18.8. The van der Waals surface area contributed by atoms with Gasteiger partial charge in [-0.25, -0.2) is 0 Å². The molecule has 0 aromatic carbocycles. The summed E-state index contributed by atoms with van der Waals surface area (Å²) in [5.74, 6) is 5.31. The zero-order valence-electron chi connectivity index (χ0n) is 22.6. The molecule has 0 bridgehead atoms. The lowest BCUT2D eigenvalue weighted by Gasteiger charge is -2.58. The summed E-state index contributed by atoms with van der Waals surface area (Å²) in [6.45, 7) is 14.6. The highest BCUT2D eigenvalue weighted by Crippen LogP contribution is 2.67. The largest absolute Gasteiger partial charge is 0.462 e. The van der Waals surface area contributed by atoms with Crippen LogP contribution in [0.25, 0.3) is 0 Å². The van der Waals surface area contributed by atoms with Crippen LogP contribution >= 0.6 is 0 Å². The Bertz CT molecular complexity index is 722. The predicted molar refractivity (Wildman–Crippen MR) is 138 cm³/mol. The van der Waals surface area contributed by atoms with Crippen molar-refractivity contribution in [3.05, 3.63) is 11.6 Å². The van der Waals surface area contributed by atoms with E-state index in [1.54, 1.807) is 5.57 Å². The van der Waals surface area contributed by atoms with Crippen molar-refractivity contribution >= 4 is 5.97 Å². The van der Waals surface area contributed by atoms with E-state index in [1.165, 1.54) is 57.8 Å². The first-order valence-electron chi connectivity index (χ1n) is 14.6. The molecule has 0 aliphatic heterocycles. The fourth-order valence-electron chi connectivity index (χ4n) is 9.20. The molecule has 3 saturated carbocycles. The van der Waals surface area contributed by atoms with Crippen molar-refractivity contribution in [2.24, 2.45) is 46.3 Å². The summed E-state index contributed by atoms with van der Waals surface area (Å²) in [7, 11) is 0. The minimum Gasteiger partial charge on any atom is -0.462 e. The van der Waals surface area contributed by atoms with E-state index < -0.39 is 0 Å². The standard InChI is InChI=1S/C31H52O2/c1-7-9-29(32)33-24-16-18-30(5)23(20-24)12-13-25-27-15-14-26(22(4)11-8-10-21(2)3)31(27,6)19-17-28(25)30/h12,21-22,24-28H,7-11,13-20H2,1-6H3/t22-,24+,25+,26?,27+,28+,30+,31-/m1/s1. The first-order chi connectivity index (χ1) is 15.7. The second-order valence-electron chi connectivity index (χ2n) is 13.4. The molecule has 0 saturated heterocycles. The maximum absolute atomic E-state index is 12.1. The number of fused-ring (bicyclic) bond motifs is 5. The second-order valence-corrected chi connectivity index (χ2v) is 13.4. The average molecular weight is 457 g/mol. The van der Waals surface area contributed by atoms with Crippen LogP contribution in [0.1, 0.15) is 125 Å². The summed E-state index contributed by atoms with van der Waals surface area (Å²) in [5.41, 5.74) is 2.54. The van der Waals surface area contributed by atoms with Crippen LogP contribution in [0.15, 0.2) is 11.6 Å². The Kier molecular flexibility index (Phi) is 7.72. The van der Waals surface area contributed by atoms with Gasteiger partial charge in [0.25, 0.3) is 0 Å². The number of ether oxygens (including phenoxy) is 1. The molecule has 0 aromatic rings. The zero-order valence-corrected chi connectivity index (χ0v) is 22.6. The summed E-state index contributed by atoms with van der Waals surface area (Å²) < 4.78 is 5.85. The Morgan fingerprint density at radius 3 is 2.58 bits per heavy atom. The number of carbonyl (C=O) groups excluding carboxylic acids is 1. The number of hydrogen-bond acceptors (Lipinski definition) is 2. The van der Waals surface area contributed by atoms with Crippen molar-refractivity contribution in [2.45, 2.75) is 131 Å². The molecular formula is C31H52O2. The van der Waals surface area contributed by atoms with Crippen molar-refractivity contribution in [3.8, 4) is 0 Å². The van der Waals surface area contributed by atoms with Crippen molar-refractivity contribution in [3.63, 3.8) is 0 Å². The molecule has 33 heavy (non-hydrogen) atoms. The smallest absolute Gasteiger partial charge is 0.306 e. The number of rotatable bonds is 8. The van der Waals surface area contributed by atoms with Gasteiger partial charge in [0.05, 0.1) is 0 Å². The van der Waals surface area contributed by atoms with Crippen LogP contribution in [0, 0.1) is 46.3 Å². The van der Waals surface area contributed by atoms with Gasteiger partial charge in [0.15, 0.2) is 0 Å². The summed E-state index contributed by atoms with van der Waals surface area (Å²) in [5, 5.41) is 0. The van der Waals surface area contributed by atoms with Gasteiger partial charge in [0.1, 0.15) is 6.10 Å². The highest BCUT2D eigenvalue weighted by atomic mass is 16.5. The summed E-state index contributed by atoms with van der Waals surface area (Å²) >= 11 is 0. The van der Waals surface area contributed by atoms with Crippen LogP contribution in [-0.2, 0) is 9.53 Å². The van der Waals surface area contributed by atoms with Gasteiger partial charge in [-0.15, -0.1) is 0 Å². The van der Waals surface area contributed by atoms with Gasteiger partial charge < -0.3 is 4.74 Å². The highest BCUT2D eigenvalue weighted by Gasteiger charge is 2.59. The molecule has 3 fully saturated rings. The van der Waals surface area contributed by atoms with E-state index in [-0.39, 0.29) is 12.1 Å². The Hall–Kier alpha value is -0.790. The Morgan fingerprint density at radius 2 is 1.85 bits per heavy atom. The molecule has 0 N–H and O–H groups in total. The molecule has 4 aliphatic rings. The molecule has 0 radical (unpaired) electrons. The lowest BCUT2D eigenvalue weighted by Crippen LogP contribution is -2.51. The Balaban J connectivity index is 1.43. The topological polar surface area (TPSA) is 26.3 Å². The molecule has 0 spiro atoms. The molecule has 4 rings (SSSR count). The molecule has 8 atom stereocenters. The maximum Gasteiger partial charge on any atom is 0.306 e. The van der Waals surface area contributed by atoms with Crippen LogP contribution in [0.5, 0.6) is 0 Å². The monoisotopic (exact) mass is 456 g/mol. The first kappa shape index (κ1) is 25.3. The van der Waals surface area contributed by atoms with Crippen molar-refractivity contribution in [1.82, 2.24) is 0 Å². The predicted octanol–water partition coefficient (Wildman–Crippen LogP) is 8.74. The maximum atomic E-state index is 12.1. The molecule has 2 heteroatoms. The van der Waals surface area contributed by atoms with Gasteiger partial charge in [-0.05, 0) is 97.7 Å². The number of esters is 1. The van der Waals surface area contributed by atoms with Crippen molar-refractivity contribution in [2.75, 3.05) is 0 Å². The highest BCUT2D eigenvalue weighted by molar-refractivity contribution is 5.69. The van der Waals surface area contributed by atoms with E-state index in [0.29, 0.717) is 17.3 Å². The number of hydrogen-bond donors (Lipinski definition) is 0. The summed E-state index contributed by atoms with van der Waals surface area (Å²) in [4.78, 5) is 12.1. The van der Waals surface area contributed by atoms with Crippen LogP contribution in [0.2, 0.25) is 0 Å². The lowest BCUT2D eigenvalue weighted by molar-refractivity contribution is -0.151. The average Bonchev–Trinajstić information content (AvgIpc) is 3.11. The van der Waals surface area contributed by atoms with Gasteiger partial charge in [-0.1, -0.05) is 72.5 Å². The third-order valence-electron chi connectivity index (χ3n) is 11.0. The zero-order chi connectivity index (χ0) is 23.8. The van der Waals surface area contributed by atoms with Crippen LogP contribution in [0.4, 0.5) is 0 Å². The van der Waals surface area contributed by atoms with E-state index in [4.69, 9.17) is 4.74 Å². The molecule has 4 aliphatic carbocycles. The van der Waals surface area contributed by atoms with Crippen LogP contribution in [0.3, 0.4) is 0 Å². The third kappa shape index (κ3) is 4.84.